The van der Waals surface area contributed by atoms with Gasteiger partial charge in [0, 0.05) is 22.7 Å². The van der Waals surface area contributed by atoms with Crippen molar-refractivity contribution in [1.29, 1.82) is 0 Å². The van der Waals surface area contributed by atoms with Crippen LogP contribution in [0.1, 0.15) is 28.4 Å². The Bertz CT molecular complexity index is 539. The second-order valence-corrected chi connectivity index (χ2v) is 4.56. The number of amides is 1. The van der Waals surface area contributed by atoms with Crippen molar-refractivity contribution >= 4 is 17.5 Å². The summed E-state index contributed by atoms with van der Waals surface area (Å²) in [5, 5.41) is 13.1. The van der Waals surface area contributed by atoms with E-state index in [2.05, 4.69) is 5.32 Å². The average molecular weight is 280 g/mol. The Balaban J connectivity index is 1.81. The highest BCUT2D eigenvalue weighted by atomic mass is 35.5. The molecule has 100 valence electrons. The molecule has 0 saturated carbocycles. The summed E-state index contributed by atoms with van der Waals surface area (Å²) in [7, 11) is 0. The molecule has 1 aromatic heterocycles. The molecule has 0 radical (unpaired) electrons. The van der Waals surface area contributed by atoms with Gasteiger partial charge >= 0.3 is 0 Å². The minimum absolute atomic E-state index is 0.207. The highest BCUT2D eigenvalue weighted by molar-refractivity contribution is 6.30. The molecule has 0 unspecified atom stereocenters. The zero-order chi connectivity index (χ0) is 13.7. The predicted octanol–water partition coefficient (Wildman–Crippen LogP) is 2.79. The van der Waals surface area contributed by atoms with Gasteiger partial charge in [0.2, 0.25) is 0 Å². The van der Waals surface area contributed by atoms with Crippen molar-refractivity contribution in [2.75, 3.05) is 6.54 Å². The fourth-order valence-corrected chi connectivity index (χ4v) is 1.88. The predicted molar refractivity (Wildman–Crippen MR) is 72.1 cm³/mol. The largest absolute Gasteiger partial charge is 0.472 e. The fourth-order valence-electron chi connectivity index (χ4n) is 1.69. The number of hydrogen-bond acceptors (Lipinski definition) is 3. The monoisotopic (exact) mass is 279 g/mol. The molecule has 2 aromatic rings. The zero-order valence-electron chi connectivity index (χ0n) is 10.2. The Labute approximate surface area is 116 Å². The Hall–Kier alpha value is -1.78. The molecule has 0 aliphatic rings. The van der Waals surface area contributed by atoms with Crippen molar-refractivity contribution in [2.24, 2.45) is 0 Å². The minimum atomic E-state index is -0.640. The first-order valence-electron chi connectivity index (χ1n) is 5.91. The topological polar surface area (TPSA) is 62.5 Å². The fraction of sp³-hybridized carbons (Fsp3) is 0.214. The number of carbonyl (C=O) groups excluding carboxylic acids is 1. The van der Waals surface area contributed by atoms with Crippen molar-refractivity contribution in [3.8, 4) is 0 Å². The van der Waals surface area contributed by atoms with Crippen LogP contribution >= 0.6 is 11.6 Å². The number of aliphatic hydroxyl groups excluding tert-OH is 1. The van der Waals surface area contributed by atoms with E-state index < -0.39 is 6.10 Å². The van der Waals surface area contributed by atoms with Crippen LogP contribution in [0.15, 0.2) is 47.3 Å². The van der Waals surface area contributed by atoms with Crippen LogP contribution in [0.25, 0.3) is 0 Å². The summed E-state index contributed by atoms with van der Waals surface area (Å²) in [5.74, 6) is -0.207. The number of hydrogen-bond donors (Lipinski definition) is 2. The Kier molecular flexibility index (Phi) is 4.60. The summed E-state index contributed by atoms with van der Waals surface area (Å²) < 4.78 is 4.88. The summed E-state index contributed by atoms with van der Waals surface area (Å²) >= 11 is 5.81. The third-order valence-corrected chi connectivity index (χ3v) is 2.95. The smallest absolute Gasteiger partial charge is 0.251 e. The van der Waals surface area contributed by atoms with Gasteiger partial charge in [-0.25, -0.2) is 0 Å². The third kappa shape index (κ3) is 3.84. The van der Waals surface area contributed by atoms with Gasteiger partial charge in [0.15, 0.2) is 0 Å². The molecule has 0 aliphatic carbocycles. The van der Waals surface area contributed by atoms with Crippen LogP contribution in [0.4, 0.5) is 0 Å². The molecule has 0 saturated heterocycles. The average Bonchev–Trinajstić information content (AvgIpc) is 2.92. The van der Waals surface area contributed by atoms with Gasteiger partial charge < -0.3 is 14.8 Å². The van der Waals surface area contributed by atoms with E-state index in [1.165, 1.54) is 12.5 Å². The number of carbonyl (C=O) groups is 1. The number of aliphatic hydroxyl groups is 1. The number of halogens is 1. The van der Waals surface area contributed by atoms with Gasteiger partial charge in [0.25, 0.3) is 5.91 Å². The zero-order valence-corrected chi connectivity index (χ0v) is 10.9. The molecule has 4 nitrogen and oxygen atoms in total. The Morgan fingerprint density at radius 3 is 2.95 bits per heavy atom. The lowest BCUT2D eigenvalue weighted by Crippen LogP contribution is -2.25. The third-order valence-electron chi connectivity index (χ3n) is 2.72. The molecular formula is C14H14ClNO3. The van der Waals surface area contributed by atoms with E-state index in [0.717, 1.165) is 0 Å². The number of benzene rings is 1. The first kappa shape index (κ1) is 13.6. The lowest BCUT2D eigenvalue weighted by Gasteiger charge is -2.09. The van der Waals surface area contributed by atoms with E-state index in [0.29, 0.717) is 29.1 Å². The number of nitrogens with one attached hydrogen (secondary N) is 1. The maximum atomic E-state index is 11.8. The first-order valence-corrected chi connectivity index (χ1v) is 6.28. The van der Waals surface area contributed by atoms with Crippen LogP contribution in [-0.2, 0) is 0 Å². The van der Waals surface area contributed by atoms with Crippen LogP contribution in [0.3, 0.4) is 0 Å². The highest BCUT2D eigenvalue weighted by Gasteiger charge is 2.10. The molecule has 1 aromatic carbocycles. The summed E-state index contributed by atoms with van der Waals surface area (Å²) in [6, 6.07) is 8.42. The van der Waals surface area contributed by atoms with Gasteiger partial charge in [-0.15, -0.1) is 0 Å². The highest BCUT2D eigenvalue weighted by Crippen LogP contribution is 2.16. The first-order chi connectivity index (χ1) is 9.16. The van der Waals surface area contributed by atoms with E-state index in [9.17, 15) is 9.90 Å². The lowest BCUT2D eigenvalue weighted by molar-refractivity contribution is 0.0942. The van der Waals surface area contributed by atoms with Gasteiger partial charge in [-0.1, -0.05) is 17.7 Å². The van der Waals surface area contributed by atoms with Crippen molar-refractivity contribution in [3.63, 3.8) is 0 Å². The van der Waals surface area contributed by atoms with Crippen LogP contribution in [0.5, 0.6) is 0 Å². The summed E-state index contributed by atoms with van der Waals surface area (Å²) in [4.78, 5) is 11.8. The van der Waals surface area contributed by atoms with E-state index in [-0.39, 0.29) is 5.91 Å². The second-order valence-electron chi connectivity index (χ2n) is 4.13. The van der Waals surface area contributed by atoms with Crippen LogP contribution < -0.4 is 5.32 Å². The van der Waals surface area contributed by atoms with Crippen molar-refractivity contribution in [1.82, 2.24) is 5.32 Å². The summed E-state index contributed by atoms with van der Waals surface area (Å²) in [6.07, 6.45) is 2.77. The molecule has 0 aliphatic heterocycles. The van der Waals surface area contributed by atoms with E-state index in [1.54, 1.807) is 30.3 Å². The van der Waals surface area contributed by atoms with Crippen LogP contribution in [0, 0.1) is 0 Å². The van der Waals surface area contributed by atoms with Crippen LogP contribution in [0.2, 0.25) is 5.02 Å². The standard InChI is InChI=1S/C14H14ClNO3/c15-12-3-1-2-10(8-12)14(18)16-6-4-13(17)11-5-7-19-9-11/h1-3,5,7-9,13,17H,4,6H2,(H,16,18)/t13-/m1/s1. The van der Waals surface area contributed by atoms with E-state index in [1.807, 2.05) is 0 Å². The molecule has 5 heteroatoms. The minimum Gasteiger partial charge on any atom is -0.472 e. The maximum absolute atomic E-state index is 11.8. The van der Waals surface area contributed by atoms with Gasteiger partial charge in [-0.3, -0.25) is 4.79 Å². The van der Waals surface area contributed by atoms with Gasteiger partial charge in [0.1, 0.15) is 0 Å². The van der Waals surface area contributed by atoms with Crippen molar-refractivity contribution < 1.29 is 14.3 Å². The SMILES string of the molecule is O=C(NCC[C@@H](O)c1ccoc1)c1cccc(Cl)c1. The summed E-state index contributed by atoms with van der Waals surface area (Å²) in [5.41, 5.74) is 1.21. The molecule has 1 atom stereocenters. The molecule has 1 amide bonds. The molecule has 0 bridgehead atoms. The van der Waals surface area contributed by atoms with Gasteiger partial charge in [-0.2, -0.15) is 0 Å². The molecule has 2 N–H and O–H groups in total. The molecule has 1 heterocycles. The molecule has 19 heavy (non-hydrogen) atoms. The Morgan fingerprint density at radius 1 is 1.42 bits per heavy atom. The van der Waals surface area contributed by atoms with Gasteiger partial charge in [-0.05, 0) is 30.7 Å². The van der Waals surface area contributed by atoms with Crippen molar-refractivity contribution in [3.05, 3.63) is 59.0 Å². The van der Waals surface area contributed by atoms with Crippen molar-refractivity contribution in [2.45, 2.75) is 12.5 Å². The van der Waals surface area contributed by atoms with Gasteiger partial charge in [0.05, 0.1) is 18.6 Å². The quantitative estimate of drug-likeness (QED) is 0.885. The second kappa shape index (κ2) is 6.41. The Morgan fingerprint density at radius 2 is 2.26 bits per heavy atom. The lowest BCUT2D eigenvalue weighted by atomic mass is 10.1. The number of furan rings is 1. The van der Waals surface area contributed by atoms with E-state index in [4.69, 9.17) is 16.0 Å². The molecule has 2 rings (SSSR count). The van der Waals surface area contributed by atoms with Crippen LogP contribution in [-0.4, -0.2) is 17.6 Å². The maximum Gasteiger partial charge on any atom is 0.251 e. The molecular weight excluding hydrogens is 266 g/mol. The normalized spacial score (nSPS) is 12.1. The molecule has 0 spiro atoms. The van der Waals surface area contributed by atoms with E-state index >= 15 is 0 Å². The summed E-state index contributed by atoms with van der Waals surface area (Å²) in [6.45, 7) is 0.373. The molecule has 0 fully saturated rings. The number of rotatable bonds is 5.